The van der Waals surface area contributed by atoms with Gasteiger partial charge in [0.1, 0.15) is 0 Å². The molecule has 0 amide bonds. The Balaban J connectivity index is 2.55. The van der Waals surface area contributed by atoms with E-state index in [0.717, 1.165) is 5.56 Å². The molecule has 1 aromatic carbocycles. The second-order valence-electron chi connectivity index (χ2n) is 3.87. The maximum absolute atomic E-state index is 4.97. The number of nitrogens with zero attached hydrogens (tertiary/aromatic N) is 2. The first kappa shape index (κ1) is 9.90. The number of aryl methyl sites for hydroxylation is 3. The van der Waals surface area contributed by atoms with Crippen LogP contribution in [0.5, 0.6) is 0 Å². The average Bonchev–Trinajstić information content (AvgIpc) is 2.60. The summed E-state index contributed by atoms with van der Waals surface area (Å²) in [6.45, 7) is 8.11. The molecule has 0 bridgehead atoms. The number of benzene rings is 1. The van der Waals surface area contributed by atoms with Gasteiger partial charge in [0.25, 0.3) is 0 Å². The monoisotopic (exact) mass is 202 g/mol. The van der Waals surface area contributed by atoms with Crippen molar-refractivity contribution in [1.82, 2.24) is 10.1 Å². The summed E-state index contributed by atoms with van der Waals surface area (Å²) in [4.78, 5) is 4.22. The van der Waals surface area contributed by atoms with Crippen LogP contribution in [0.15, 0.2) is 16.7 Å². The molecule has 0 saturated carbocycles. The predicted octanol–water partition coefficient (Wildman–Crippen LogP) is 2.97. The van der Waals surface area contributed by atoms with E-state index in [0.29, 0.717) is 11.7 Å². The summed E-state index contributed by atoms with van der Waals surface area (Å²) in [5.41, 5.74) is 4.85. The topological polar surface area (TPSA) is 38.9 Å². The normalized spacial score (nSPS) is 10.7. The standard InChI is InChI=1S/C12H14N2O/c1-7-5-11(6-8(2)9(7)3)12-13-10(4)15-14-12/h5-6H,1-4H3. The van der Waals surface area contributed by atoms with Crippen molar-refractivity contribution < 1.29 is 4.52 Å². The first-order valence-electron chi connectivity index (χ1n) is 4.96. The summed E-state index contributed by atoms with van der Waals surface area (Å²) in [5.74, 6) is 1.26. The van der Waals surface area contributed by atoms with Gasteiger partial charge in [0.15, 0.2) is 0 Å². The molecule has 0 fully saturated rings. The zero-order valence-corrected chi connectivity index (χ0v) is 9.46. The van der Waals surface area contributed by atoms with Crippen LogP contribution in [-0.2, 0) is 0 Å². The van der Waals surface area contributed by atoms with Gasteiger partial charge in [-0.15, -0.1) is 0 Å². The minimum atomic E-state index is 0.598. The molecule has 0 spiro atoms. The lowest BCUT2D eigenvalue weighted by molar-refractivity contribution is 0.394. The Morgan fingerprint density at radius 2 is 1.60 bits per heavy atom. The lowest BCUT2D eigenvalue weighted by Gasteiger charge is -2.05. The van der Waals surface area contributed by atoms with Crippen molar-refractivity contribution in [1.29, 1.82) is 0 Å². The van der Waals surface area contributed by atoms with Crippen LogP contribution in [0.4, 0.5) is 0 Å². The van der Waals surface area contributed by atoms with Crippen molar-refractivity contribution in [2.45, 2.75) is 27.7 Å². The number of hydrogen-bond donors (Lipinski definition) is 0. The van der Waals surface area contributed by atoms with E-state index in [1.165, 1.54) is 16.7 Å². The Hall–Kier alpha value is -1.64. The Bertz CT molecular complexity index is 477. The third-order valence-electron chi connectivity index (χ3n) is 2.71. The Labute approximate surface area is 89.1 Å². The second kappa shape index (κ2) is 3.50. The maximum atomic E-state index is 4.97. The van der Waals surface area contributed by atoms with Crippen LogP contribution < -0.4 is 0 Å². The lowest BCUT2D eigenvalue weighted by atomic mass is 10.0. The Morgan fingerprint density at radius 3 is 2.07 bits per heavy atom. The number of aromatic nitrogens is 2. The van der Waals surface area contributed by atoms with Gasteiger partial charge < -0.3 is 4.52 Å². The van der Waals surface area contributed by atoms with E-state index in [4.69, 9.17) is 4.52 Å². The van der Waals surface area contributed by atoms with Crippen LogP contribution in [0.3, 0.4) is 0 Å². The zero-order valence-electron chi connectivity index (χ0n) is 9.46. The van der Waals surface area contributed by atoms with E-state index in [1.807, 2.05) is 0 Å². The molecule has 1 aromatic heterocycles. The summed E-state index contributed by atoms with van der Waals surface area (Å²) < 4.78 is 4.97. The molecule has 0 atom stereocenters. The molecule has 0 radical (unpaired) electrons. The molecule has 2 aromatic rings. The van der Waals surface area contributed by atoms with Gasteiger partial charge in [-0.05, 0) is 49.6 Å². The number of rotatable bonds is 1. The van der Waals surface area contributed by atoms with Crippen molar-refractivity contribution in [2.75, 3.05) is 0 Å². The van der Waals surface area contributed by atoms with Crippen LogP contribution >= 0.6 is 0 Å². The molecule has 2 rings (SSSR count). The molecule has 0 saturated heterocycles. The largest absolute Gasteiger partial charge is 0.339 e. The van der Waals surface area contributed by atoms with Crippen LogP contribution in [0.2, 0.25) is 0 Å². The molecule has 0 aliphatic heterocycles. The molecule has 1 heterocycles. The molecule has 0 aliphatic carbocycles. The van der Waals surface area contributed by atoms with Crippen molar-refractivity contribution in [3.05, 3.63) is 34.7 Å². The molecule has 3 heteroatoms. The predicted molar refractivity (Wildman–Crippen MR) is 58.7 cm³/mol. The molecule has 0 aliphatic rings. The summed E-state index contributed by atoms with van der Waals surface area (Å²) in [6, 6.07) is 4.18. The van der Waals surface area contributed by atoms with Gasteiger partial charge in [0.05, 0.1) is 0 Å². The van der Waals surface area contributed by atoms with Gasteiger partial charge >= 0.3 is 0 Å². The van der Waals surface area contributed by atoms with Gasteiger partial charge in [-0.2, -0.15) is 4.98 Å². The molecular weight excluding hydrogens is 188 g/mol. The Kier molecular flexibility index (Phi) is 2.31. The Morgan fingerprint density at radius 1 is 1.00 bits per heavy atom. The first-order valence-corrected chi connectivity index (χ1v) is 4.96. The highest BCUT2D eigenvalue weighted by Gasteiger charge is 2.08. The van der Waals surface area contributed by atoms with E-state index in [-0.39, 0.29) is 0 Å². The van der Waals surface area contributed by atoms with Gasteiger partial charge in [0, 0.05) is 12.5 Å². The average molecular weight is 202 g/mol. The summed E-state index contributed by atoms with van der Waals surface area (Å²) in [6.07, 6.45) is 0. The number of hydrogen-bond acceptors (Lipinski definition) is 3. The smallest absolute Gasteiger partial charge is 0.223 e. The van der Waals surface area contributed by atoms with E-state index in [1.54, 1.807) is 6.92 Å². The van der Waals surface area contributed by atoms with Crippen LogP contribution in [0, 0.1) is 27.7 Å². The van der Waals surface area contributed by atoms with Crippen LogP contribution in [-0.4, -0.2) is 10.1 Å². The highest BCUT2D eigenvalue weighted by Crippen LogP contribution is 2.22. The van der Waals surface area contributed by atoms with Crippen molar-refractivity contribution in [3.63, 3.8) is 0 Å². The minimum Gasteiger partial charge on any atom is -0.339 e. The third-order valence-corrected chi connectivity index (χ3v) is 2.71. The SMILES string of the molecule is Cc1nc(-c2cc(C)c(C)c(C)c2)no1. The third kappa shape index (κ3) is 1.77. The fourth-order valence-electron chi connectivity index (χ4n) is 1.58. The van der Waals surface area contributed by atoms with Gasteiger partial charge in [-0.1, -0.05) is 5.16 Å². The second-order valence-corrected chi connectivity index (χ2v) is 3.87. The van der Waals surface area contributed by atoms with Gasteiger partial charge in [-0.3, -0.25) is 0 Å². The van der Waals surface area contributed by atoms with E-state index in [2.05, 4.69) is 43.0 Å². The molecule has 0 N–H and O–H groups in total. The maximum Gasteiger partial charge on any atom is 0.223 e. The molecule has 78 valence electrons. The fourth-order valence-corrected chi connectivity index (χ4v) is 1.58. The summed E-state index contributed by atoms with van der Waals surface area (Å²) in [7, 11) is 0. The summed E-state index contributed by atoms with van der Waals surface area (Å²) >= 11 is 0. The molecule has 15 heavy (non-hydrogen) atoms. The van der Waals surface area contributed by atoms with E-state index < -0.39 is 0 Å². The zero-order chi connectivity index (χ0) is 11.0. The molecule has 0 unspecified atom stereocenters. The van der Waals surface area contributed by atoms with Crippen molar-refractivity contribution >= 4 is 0 Å². The lowest BCUT2D eigenvalue weighted by Crippen LogP contribution is -1.89. The fraction of sp³-hybridized carbons (Fsp3) is 0.333. The molecular formula is C12H14N2O. The molecule has 3 nitrogen and oxygen atoms in total. The van der Waals surface area contributed by atoms with Crippen LogP contribution in [0.25, 0.3) is 11.4 Å². The highest BCUT2D eigenvalue weighted by atomic mass is 16.5. The van der Waals surface area contributed by atoms with Gasteiger partial charge in [-0.25, -0.2) is 0 Å². The van der Waals surface area contributed by atoms with E-state index >= 15 is 0 Å². The summed E-state index contributed by atoms with van der Waals surface area (Å²) in [5, 5.41) is 3.91. The van der Waals surface area contributed by atoms with Crippen molar-refractivity contribution in [2.24, 2.45) is 0 Å². The van der Waals surface area contributed by atoms with Crippen molar-refractivity contribution in [3.8, 4) is 11.4 Å². The highest BCUT2D eigenvalue weighted by molar-refractivity contribution is 5.58. The van der Waals surface area contributed by atoms with Gasteiger partial charge in [0.2, 0.25) is 11.7 Å². The van der Waals surface area contributed by atoms with Crippen LogP contribution in [0.1, 0.15) is 22.6 Å². The first-order chi connectivity index (χ1) is 7.08. The van der Waals surface area contributed by atoms with E-state index in [9.17, 15) is 0 Å². The minimum absolute atomic E-state index is 0.598. The quantitative estimate of drug-likeness (QED) is 0.713.